The van der Waals surface area contributed by atoms with Crippen LogP contribution >= 0.6 is 0 Å². The van der Waals surface area contributed by atoms with E-state index in [0.717, 1.165) is 24.2 Å². The summed E-state index contributed by atoms with van der Waals surface area (Å²) < 4.78 is 53.5. The Kier molecular flexibility index (Phi) is 49.4. The van der Waals surface area contributed by atoms with Crippen LogP contribution in [0.1, 0.15) is 219 Å². The quantitative estimate of drug-likeness (QED) is 0.0247. The van der Waals surface area contributed by atoms with Crippen molar-refractivity contribution in [3.05, 3.63) is 89.3 Å². The topological polar surface area (TPSA) is 536 Å². The number of hydrogen-bond donors (Lipinski definition) is 11. The second kappa shape index (κ2) is 59.1. The number of nitrogens with two attached hydrogens (primary N) is 1. The number of rotatable bonds is 62. The summed E-state index contributed by atoms with van der Waals surface area (Å²) in [6.45, 7) is 19.1. The van der Waals surface area contributed by atoms with Crippen LogP contribution in [-0.4, -0.2) is 324 Å². The van der Waals surface area contributed by atoms with Crippen molar-refractivity contribution in [1.29, 1.82) is 0 Å². The number of Topliss-reactive ketones (excluding diaryl/α,β-unsaturated/α-hetero) is 3. The molecule has 7 rings (SSSR count). The van der Waals surface area contributed by atoms with E-state index in [0.29, 0.717) is 79.7 Å². The van der Waals surface area contributed by atoms with Crippen LogP contribution in [-0.2, 0) is 108 Å². The molecule has 40 nitrogen and oxygen atoms in total. The molecule has 0 radical (unpaired) electrons. The third-order valence-corrected chi connectivity index (χ3v) is 26.4. The minimum atomic E-state index is -1.65. The summed E-state index contributed by atoms with van der Waals surface area (Å²) in [7, 11) is 6.13. The lowest BCUT2D eigenvalue weighted by atomic mass is 9.83. The molecule has 2 aromatic carbocycles. The maximum atomic E-state index is 15.0. The van der Waals surface area contributed by atoms with Crippen molar-refractivity contribution in [3.63, 3.8) is 0 Å². The Bertz CT molecular complexity index is 4370. The highest BCUT2D eigenvalue weighted by molar-refractivity contribution is 6.13. The molecule has 11 amide bonds. The fraction of sp³-hybridized carbons (Fsp3) is 0.704. The van der Waals surface area contributed by atoms with E-state index in [1.165, 1.54) is 43.0 Å². The molecule has 0 bridgehead atoms. The molecule has 12 N–H and O–H groups in total. The SMILES string of the molecule is CC[C@H](C)[C@@H]([C@@H](CC(=O)N1CCC[C@H]1[C@H](OC)[C@@H](C)C(=O)N[C@H](C)[C@@H](O)c1ccccc1)OC)N(C)C(=O)[C@@H](CC(=O)[C@H](C(C)C)N(C)C(=O)OCc1ccc(NC(=O)[C@H](CCCNC(N)=O)CC(=O)[C@@H](NC(=O)[C@@H](CCCCNC(=O)COC2CCCCCc3c2nnn3[C@@H]2O[C@H](CO)[C@H](O)[C@H](O)[C@H]2O)CC(=O)CCOCCOCCOCCOCCN2C(=O)C=CC2=O)C(C)C)cc1)C(C)C. The molecule has 2 fully saturated rings. The molecule has 4 heterocycles. The van der Waals surface area contributed by atoms with E-state index in [-0.39, 0.29) is 190 Å². The summed E-state index contributed by atoms with van der Waals surface area (Å²) in [5, 5.41) is 75.5. The molecule has 3 aromatic rings. The third kappa shape index (κ3) is 34.9. The van der Waals surface area contributed by atoms with Crippen LogP contribution in [0.4, 0.5) is 15.3 Å². The zero-order chi connectivity index (χ0) is 101. The monoisotopic (exact) mass is 1940 g/mol. The molecule has 2 saturated heterocycles. The number of fused-ring (bicyclic) bond motifs is 1. The lowest BCUT2D eigenvalue weighted by Gasteiger charge is -2.41. The van der Waals surface area contributed by atoms with Gasteiger partial charge >= 0.3 is 12.1 Å². The Morgan fingerprint density at radius 1 is 0.652 bits per heavy atom. The van der Waals surface area contributed by atoms with Crippen LogP contribution in [0.2, 0.25) is 0 Å². The molecule has 0 spiro atoms. The largest absolute Gasteiger partial charge is 0.445 e. The number of carbonyl (C=O) groups excluding carboxylic acids is 13. The Hall–Kier alpha value is -9.69. The number of unbranched alkanes of at least 4 members (excludes halogenated alkanes) is 1. The predicted molar refractivity (Wildman–Crippen MR) is 505 cm³/mol. The van der Waals surface area contributed by atoms with Gasteiger partial charge in [0.25, 0.3) is 11.8 Å². The number of ketones is 3. The number of aliphatic hydroxyl groups excluding tert-OH is 5. The molecule has 4 aliphatic rings. The summed E-state index contributed by atoms with van der Waals surface area (Å²) in [5.41, 5.74) is 7.81. The van der Waals surface area contributed by atoms with Crippen LogP contribution < -0.4 is 32.3 Å². The molecule has 772 valence electrons. The summed E-state index contributed by atoms with van der Waals surface area (Å²) in [5.74, 6) is -9.51. The molecule has 138 heavy (non-hydrogen) atoms. The van der Waals surface area contributed by atoms with Crippen LogP contribution in [0.3, 0.4) is 0 Å². The lowest BCUT2D eigenvalue weighted by molar-refractivity contribution is -0.254. The number of likely N-dealkylation sites (N-methyl/N-ethyl adjacent to an activating group) is 2. The highest BCUT2D eigenvalue weighted by atomic mass is 16.6. The number of amides is 11. The van der Waals surface area contributed by atoms with E-state index >= 15 is 4.79 Å². The maximum absolute atomic E-state index is 15.0. The van der Waals surface area contributed by atoms with Crippen molar-refractivity contribution >= 4 is 82.4 Å². The Morgan fingerprint density at radius 3 is 1.91 bits per heavy atom. The van der Waals surface area contributed by atoms with E-state index in [1.54, 1.807) is 94.8 Å². The fourth-order valence-electron chi connectivity index (χ4n) is 18.2. The van der Waals surface area contributed by atoms with Gasteiger partial charge in [0.2, 0.25) is 35.4 Å². The zero-order valence-corrected chi connectivity index (χ0v) is 82.8. The second-order valence-corrected chi connectivity index (χ2v) is 37.5. The van der Waals surface area contributed by atoms with Crippen LogP contribution in [0.15, 0.2) is 66.7 Å². The first-order chi connectivity index (χ1) is 65.9. The molecule has 19 atom stereocenters. The first-order valence-corrected chi connectivity index (χ1v) is 48.7. The number of aliphatic hydroxyl groups is 5. The summed E-state index contributed by atoms with van der Waals surface area (Å²) in [4.78, 5) is 184. The van der Waals surface area contributed by atoms with E-state index < -0.39 is 163 Å². The molecular weight excluding hydrogens is 1790 g/mol. The van der Waals surface area contributed by atoms with Gasteiger partial charge in [-0.05, 0) is 112 Å². The maximum Gasteiger partial charge on any atom is 0.410 e. The van der Waals surface area contributed by atoms with Gasteiger partial charge in [-0.25, -0.2) is 14.3 Å². The first kappa shape index (κ1) is 115. The van der Waals surface area contributed by atoms with Gasteiger partial charge in [0, 0.05) is 109 Å². The minimum Gasteiger partial charge on any atom is -0.445 e. The van der Waals surface area contributed by atoms with E-state index in [1.807, 2.05) is 45.9 Å². The van der Waals surface area contributed by atoms with Crippen LogP contribution in [0.25, 0.3) is 0 Å². The number of likely N-dealkylation sites (tertiary alicyclic amines) is 1. The Balaban J connectivity index is 0.937. The van der Waals surface area contributed by atoms with Gasteiger partial charge in [-0.15, -0.1) is 5.10 Å². The average molecular weight is 1950 g/mol. The highest BCUT2D eigenvalue weighted by Gasteiger charge is 2.48. The van der Waals surface area contributed by atoms with Crippen LogP contribution in [0, 0.1) is 47.3 Å². The van der Waals surface area contributed by atoms with Crippen molar-refractivity contribution in [2.75, 3.05) is 126 Å². The number of primary amides is 1. The molecule has 3 aliphatic heterocycles. The van der Waals surface area contributed by atoms with Gasteiger partial charge in [0.05, 0.1) is 133 Å². The molecule has 1 aliphatic carbocycles. The van der Waals surface area contributed by atoms with Crippen LogP contribution in [0.5, 0.6) is 0 Å². The number of carbonyl (C=O) groups is 13. The minimum absolute atomic E-state index is 0.00506. The number of anilines is 1. The average Bonchev–Trinajstić information content (AvgIpc) is 1.64. The van der Waals surface area contributed by atoms with E-state index in [9.17, 15) is 83.1 Å². The number of ether oxygens (including phenoxy) is 9. The van der Waals surface area contributed by atoms with E-state index in [4.69, 9.17) is 48.4 Å². The number of aromatic nitrogens is 3. The number of nitrogens with one attached hydrogen (secondary N) is 5. The van der Waals surface area contributed by atoms with Gasteiger partial charge < -0.3 is 115 Å². The second-order valence-electron chi connectivity index (χ2n) is 37.5. The van der Waals surface area contributed by atoms with Crippen molar-refractivity contribution in [3.8, 4) is 0 Å². The standard InChI is InChI=1S/C98H153N13O27/c1-15-62(8)86(77(130-13)55-82(119)109-42-25-31-73(109)91(131-14)63(9)92(124)102-64(10)87(120)66-26-18-16-19-27-66)107(11)95(127)71(59(2)3)54-75(115)85(61(6)7)108(12)98(129)137-57-65-33-35-69(36-34-65)103-93(125)68(29-24-41-101-97(99)128)53-74(114)83(60(4)5)104-94(126)67(52-70(113)39-44-132-46-48-134-50-51-135-49-47-133-45-43-110-80(117)37-38-81(110)118)28-22-23-40-100-79(116)58-136-76-32-21-17-20-30-72-84(76)105-106-111(72)96-90(123)89(122)88(121)78(56-112)138-96/h16,18-19,26-27,33-38,59-64,67-68,71,73,76-78,83,85-91,96,112,120-123H,15,17,20-25,28-32,39-58H2,1-14H3,(H,100,116)(H,102,124)(H,103,125)(H,104,126)(H3,99,101,128)/t62-,63+,64+,67-,68+,71-,73-,76?,77+,78+,83-,85-,86-,87+,88-,89-,90+,91+,96+/m0/s1. The number of nitrogens with zero attached hydrogens (tertiary/aromatic N) is 7. The molecule has 1 unspecified atom stereocenters. The number of hydrogen-bond acceptors (Lipinski definition) is 29. The van der Waals surface area contributed by atoms with Crippen molar-refractivity contribution in [2.24, 2.45) is 53.1 Å². The Labute approximate surface area is 810 Å². The van der Waals surface area contributed by atoms with Gasteiger partial charge in [-0.2, -0.15) is 0 Å². The molecular formula is C98H153N13O27. The summed E-state index contributed by atoms with van der Waals surface area (Å²) in [6.07, 6.45) is -3.64. The van der Waals surface area contributed by atoms with Crippen molar-refractivity contribution in [1.82, 2.24) is 55.9 Å². The normalized spacial score (nSPS) is 20.5. The summed E-state index contributed by atoms with van der Waals surface area (Å²) >= 11 is 0. The number of imide groups is 1. The molecule has 1 aromatic heterocycles. The first-order valence-electron chi connectivity index (χ1n) is 48.7. The molecule has 40 heteroatoms. The van der Waals surface area contributed by atoms with Crippen molar-refractivity contribution in [2.45, 2.75) is 277 Å². The third-order valence-electron chi connectivity index (χ3n) is 26.4. The van der Waals surface area contributed by atoms with E-state index in [2.05, 4.69) is 36.9 Å². The number of urea groups is 1. The zero-order valence-electron chi connectivity index (χ0n) is 82.8. The Morgan fingerprint density at radius 2 is 1.29 bits per heavy atom. The molecule has 0 saturated carbocycles. The smallest absolute Gasteiger partial charge is 0.410 e. The number of benzene rings is 2. The lowest BCUT2D eigenvalue weighted by Crippen LogP contribution is -2.56. The fourth-order valence-corrected chi connectivity index (χ4v) is 18.2. The van der Waals surface area contributed by atoms with Gasteiger partial charge in [0.1, 0.15) is 55.2 Å². The van der Waals surface area contributed by atoms with Gasteiger partial charge in [0.15, 0.2) is 17.8 Å². The highest BCUT2D eigenvalue weighted by Crippen LogP contribution is 2.37. The summed E-state index contributed by atoms with van der Waals surface area (Å²) in [6, 6.07) is 10.7. The predicted octanol–water partition coefficient (Wildman–Crippen LogP) is 5.45. The van der Waals surface area contributed by atoms with Gasteiger partial charge in [-0.3, -0.25) is 57.6 Å². The van der Waals surface area contributed by atoms with Gasteiger partial charge in [-0.1, -0.05) is 136 Å². The number of methoxy groups -OCH3 is 2. The van der Waals surface area contributed by atoms with Crippen molar-refractivity contribution < 1.29 is 130 Å².